The van der Waals surface area contributed by atoms with Crippen LogP contribution in [0, 0.1) is 11.3 Å². The number of ether oxygens (including phenoxy) is 2. The van der Waals surface area contributed by atoms with Crippen molar-refractivity contribution in [1.82, 2.24) is 4.90 Å². The van der Waals surface area contributed by atoms with Crippen molar-refractivity contribution in [2.24, 2.45) is 0 Å². The summed E-state index contributed by atoms with van der Waals surface area (Å²) in [5.41, 5.74) is 1.58. The predicted molar refractivity (Wildman–Crippen MR) is 99.8 cm³/mol. The van der Waals surface area contributed by atoms with Gasteiger partial charge in [-0.05, 0) is 30.7 Å². The molecule has 0 fully saturated rings. The number of nitriles is 1. The van der Waals surface area contributed by atoms with Gasteiger partial charge in [-0.15, -0.1) is 0 Å². The first-order chi connectivity index (χ1) is 12.7. The van der Waals surface area contributed by atoms with Gasteiger partial charge in [0.05, 0.1) is 19.1 Å². The molecule has 136 valence electrons. The molecule has 0 spiro atoms. The Morgan fingerprint density at radius 2 is 1.92 bits per heavy atom. The van der Waals surface area contributed by atoms with Crippen LogP contribution in [0.15, 0.2) is 54.6 Å². The Labute approximate surface area is 154 Å². The largest absolute Gasteiger partial charge is 0.491 e. The Hall–Kier alpha value is -2.84. The minimum absolute atomic E-state index is 0.112. The van der Waals surface area contributed by atoms with Gasteiger partial charge in [-0.3, -0.25) is 4.79 Å². The maximum absolute atomic E-state index is 12.9. The van der Waals surface area contributed by atoms with Gasteiger partial charge in [0.25, 0.3) is 5.91 Å². The lowest BCUT2D eigenvalue weighted by molar-refractivity contribution is 0.0746. The quantitative estimate of drug-likeness (QED) is 0.612. The highest BCUT2D eigenvalue weighted by molar-refractivity contribution is 5.94. The van der Waals surface area contributed by atoms with Gasteiger partial charge in [0.2, 0.25) is 0 Å². The number of hydrogen-bond acceptors (Lipinski definition) is 4. The molecule has 5 heteroatoms. The van der Waals surface area contributed by atoms with E-state index < -0.39 is 0 Å². The molecule has 0 atom stereocenters. The van der Waals surface area contributed by atoms with Crippen LogP contribution in [0.4, 0.5) is 0 Å². The summed E-state index contributed by atoms with van der Waals surface area (Å²) >= 11 is 0. The third-order valence-corrected chi connectivity index (χ3v) is 3.78. The number of benzene rings is 2. The van der Waals surface area contributed by atoms with Crippen LogP contribution in [0.3, 0.4) is 0 Å². The standard InChI is InChI=1S/C21H24N2O3/c1-2-25-14-15-26-20-11-6-10-19(16-20)21(24)23(13-7-12-22)17-18-8-4-3-5-9-18/h3-6,8-11,16H,2,7,13-15,17H2,1H3. The Morgan fingerprint density at radius 3 is 2.65 bits per heavy atom. The number of carbonyl (C=O) groups is 1. The van der Waals surface area contributed by atoms with Crippen molar-refractivity contribution in [3.63, 3.8) is 0 Å². The highest BCUT2D eigenvalue weighted by Gasteiger charge is 2.16. The third kappa shape index (κ3) is 6.23. The lowest BCUT2D eigenvalue weighted by atomic mass is 10.1. The summed E-state index contributed by atoms with van der Waals surface area (Å²) in [6.07, 6.45) is 0.295. The first-order valence-corrected chi connectivity index (χ1v) is 8.75. The zero-order valence-corrected chi connectivity index (χ0v) is 15.1. The van der Waals surface area contributed by atoms with Crippen molar-refractivity contribution in [1.29, 1.82) is 5.26 Å². The Kier molecular flexibility index (Phi) is 8.17. The highest BCUT2D eigenvalue weighted by Crippen LogP contribution is 2.17. The molecule has 0 bridgehead atoms. The Bertz CT molecular complexity index is 726. The second kappa shape index (κ2) is 10.9. The van der Waals surface area contributed by atoms with Gasteiger partial charge in [-0.25, -0.2) is 0 Å². The van der Waals surface area contributed by atoms with Crippen LogP contribution in [0.1, 0.15) is 29.3 Å². The first kappa shape index (κ1) is 19.5. The molecule has 0 heterocycles. The molecule has 0 aliphatic rings. The molecule has 0 radical (unpaired) electrons. The smallest absolute Gasteiger partial charge is 0.254 e. The summed E-state index contributed by atoms with van der Waals surface area (Å²) in [6.45, 7) is 4.39. The van der Waals surface area contributed by atoms with E-state index in [9.17, 15) is 4.79 Å². The predicted octanol–water partition coefficient (Wildman–Crippen LogP) is 3.66. The zero-order valence-electron chi connectivity index (χ0n) is 15.1. The van der Waals surface area contributed by atoms with E-state index >= 15 is 0 Å². The average Bonchev–Trinajstić information content (AvgIpc) is 2.69. The molecule has 5 nitrogen and oxygen atoms in total. The normalized spacial score (nSPS) is 10.2. The van der Waals surface area contributed by atoms with Crippen molar-refractivity contribution in [3.8, 4) is 11.8 Å². The molecule has 1 amide bonds. The second-order valence-electron chi connectivity index (χ2n) is 5.69. The third-order valence-electron chi connectivity index (χ3n) is 3.78. The second-order valence-corrected chi connectivity index (χ2v) is 5.69. The highest BCUT2D eigenvalue weighted by atomic mass is 16.5. The van der Waals surface area contributed by atoms with E-state index in [-0.39, 0.29) is 5.91 Å². The Balaban J connectivity index is 2.07. The van der Waals surface area contributed by atoms with Gasteiger partial charge in [0.15, 0.2) is 0 Å². The lowest BCUT2D eigenvalue weighted by Gasteiger charge is -2.22. The van der Waals surface area contributed by atoms with Crippen LogP contribution in [0.25, 0.3) is 0 Å². The summed E-state index contributed by atoms with van der Waals surface area (Å²) in [6, 6.07) is 19.0. The monoisotopic (exact) mass is 352 g/mol. The van der Waals surface area contributed by atoms with E-state index in [1.807, 2.05) is 43.3 Å². The summed E-state index contributed by atoms with van der Waals surface area (Å²) in [5, 5.41) is 8.90. The van der Waals surface area contributed by atoms with Gasteiger partial charge >= 0.3 is 0 Å². The molecule has 0 saturated carbocycles. The fourth-order valence-corrected chi connectivity index (χ4v) is 2.51. The molecule has 0 saturated heterocycles. The molecular weight excluding hydrogens is 328 g/mol. The van der Waals surface area contributed by atoms with Crippen LogP contribution in [0.5, 0.6) is 5.75 Å². The maximum Gasteiger partial charge on any atom is 0.254 e. The number of rotatable bonds is 10. The molecule has 0 aromatic heterocycles. The average molecular weight is 352 g/mol. The zero-order chi connectivity index (χ0) is 18.6. The van der Waals surface area contributed by atoms with E-state index in [1.165, 1.54) is 0 Å². The molecular formula is C21H24N2O3. The van der Waals surface area contributed by atoms with E-state index in [4.69, 9.17) is 14.7 Å². The molecule has 2 aromatic carbocycles. The molecule has 26 heavy (non-hydrogen) atoms. The molecule has 2 aromatic rings. The SMILES string of the molecule is CCOCCOc1cccc(C(=O)N(CCC#N)Cc2ccccc2)c1. The summed E-state index contributed by atoms with van der Waals surface area (Å²) in [7, 11) is 0. The minimum atomic E-state index is -0.112. The topological polar surface area (TPSA) is 62.6 Å². The van der Waals surface area contributed by atoms with Gasteiger partial charge < -0.3 is 14.4 Å². The summed E-state index contributed by atoms with van der Waals surface area (Å²) in [4.78, 5) is 14.6. The van der Waals surface area contributed by atoms with Gasteiger partial charge in [-0.1, -0.05) is 36.4 Å². The molecule has 0 N–H and O–H groups in total. The van der Waals surface area contributed by atoms with Gasteiger partial charge in [0.1, 0.15) is 12.4 Å². The van der Waals surface area contributed by atoms with Crippen LogP contribution < -0.4 is 4.74 Å². The van der Waals surface area contributed by atoms with E-state index in [2.05, 4.69) is 6.07 Å². The number of amides is 1. The molecule has 2 rings (SSSR count). The van der Waals surface area contributed by atoms with E-state index in [0.717, 1.165) is 5.56 Å². The summed E-state index contributed by atoms with van der Waals surface area (Å²) in [5.74, 6) is 0.523. The van der Waals surface area contributed by atoms with E-state index in [0.29, 0.717) is 50.6 Å². The maximum atomic E-state index is 12.9. The van der Waals surface area contributed by atoms with Gasteiger partial charge in [0, 0.05) is 25.3 Å². The van der Waals surface area contributed by atoms with Crippen molar-refractivity contribution in [2.45, 2.75) is 19.9 Å². The molecule has 0 aliphatic heterocycles. The van der Waals surface area contributed by atoms with Gasteiger partial charge in [-0.2, -0.15) is 5.26 Å². The fraction of sp³-hybridized carbons (Fsp3) is 0.333. The van der Waals surface area contributed by atoms with Crippen molar-refractivity contribution in [2.75, 3.05) is 26.4 Å². The van der Waals surface area contributed by atoms with Crippen molar-refractivity contribution >= 4 is 5.91 Å². The molecule has 0 aliphatic carbocycles. The number of hydrogen-bond donors (Lipinski definition) is 0. The van der Waals surface area contributed by atoms with E-state index in [1.54, 1.807) is 23.1 Å². The first-order valence-electron chi connectivity index (χ1n) is 8.75. The van der Waals surface area contributed by atoms with Crippen molar-refractivity contribution < 1.29 is 14.3 Å². The fourth-order valence-electron chi connectivity index (χ4n) is 2.51. The number of carbonyl (C=O) groups excluding carboxylic acids is 1. The van der Waals surface area contributed by atoms with Crippen LogP contribution >= 0.6 is 0 Å². The van der Waals surface area contributed by atoms with Crippen LogP contribution in [-0.4, -0.2) is 37.2 Å². The summed E-state index contributed by atoms with van der Waals surface area (Å²) < 4.78 is 10.9. The Morgan fingerprint density at radius 1 is 1.12 bits per heavy atom. The van der Waals surface area contributed by atoms with Crippen molar-refractivity contribution in [3.05, 3.63) is 65.7 Å². The lowest BCUT2D eigenvalue weighted by Crippen LogP contribution is -2.31. The van der Waals surface area contributed by atoms with Crippen LogP contribution in [-0.2, 0) is 11.3 Å². The molecule has 0 unspecified atom stereocenters. The number of nitrogens with zero attached hydrogens (tertiary/aromatic N) is 2. The van der Waals surface area contributed by atoms with Crippen LogP contribution in [0.2, 0.25) is 0 Å². The minimum Gasteiger partial charge on any atom is -0.491 e.